The van der Waals surface area contributed by atoms with Gasteiger partial charge in [0.05, 0.1) is 11.2 Å². The van der Waals surface area contributed by atoms with E-state index in [0.717, 1.165) is 5.69 Å². The Kier molecular flexibility index (Phi) is 6.80. The molecule has 2 aromatic carbocycles. The lowest BCUT2D eigenvalue weighted by molar-refractivity contribution is -0.0588. The molecule has 3 aromatic rings. The van der Waals surface area contributed by atoms with Crippen LogP contribution in [0.15, 0.2) is 78.2 Å². The van der Waals surface area contributed by atoms with Crippen molar-refractivity contribution >= 4 is 10.0 Å². The van der Waals surface area contributed by atoms with E-state index in [1.54, 1.807) is 50.0 Å². The zero-order valence-electron chi connectivity index (χ0n) is 15.6. The van der Waals surface area contributed by atoms with E-state index in [-0.39, 0.29) is 4.90 Å². The van der Waals surface area contributed by atoms with Gasteiger partial charge in [0, 0.05) is 38.2 Å². The molecule has 0 bridgehead atoms. The van der Waals surface area contributed by atoms with Crippen LogP contribution in [0.2, 0.25) is 0 Å². The first-order chi connectivity index (χ1) is 13.6. The molecule has 8 heteroatoms. The van der Waals surface area contributed by atoms with Crippen molar-refractivity contribution in [3.05, 3.63) is 73.3 Å². The topological polar surface area (TPSA) is 82.5 Å². The van der Waals surface area contributed by atoms with E-state index in [1.807, 2.05) is 35.0 Å². The van der Waals surface area contributed by atoms with Crippen LogP contribution in [-0.2, 0) is 14.8 Å². The van der Waals surface area contributed by atoms with E-state index in [0.29, 0.717) is 25.1 Å². The number of benzene rings is 2. The first kappa shape index (κ1) is 20.1. The summed E-state index contributed by atoms with van der Waals surface area (Å²) in [6.45, 7) is 0.306. The van der Waals surface area contributed by atoms with Crippen molar-refractivity contribution in [3.63, 3.8) is 0 Å². The molecule has 1 heterocycles. The molecular formula is C20H23N3O4S. The lowest BCUT2D eigenvalue weighted by Gasteiger charge is -2.18. The minimum absolute atomic E-state index is 0.257. The number of rotatable bonds is 10. The van der Waals surface area contributed by atoms with Gasteiger partial charge in [0.2, 0.25) is 10.0 Å². The monoisotopic (exact) mass is 401 g/mol. The van der Waals surface area contributed by atoms with Gasteiger partial charge >= 0.3 is 0 Å². The van der Waals surface area contributed by atoms with Gasteiger partial charge in [-0.05, 0) is 42.8 Å². The Hall–Kier alpha value is -2.68. The van der Waals surface area contributed by atoms with E-state index >= 15 is 0 Å². The van der Waals surface area contributed by atoms with Crippen LogP contribution in [0.1, 0.15) is 12.8 Å². The van der Waals surface area contributed by atoms with Crippen LogP contribution < -0.4 is 9.46 Å². The van der Waals surface area contributed by atoms with Gasteiger partial charge in [-0.2, -0.15) is 0 Å². The summed E-state index contributed by atoms with van der Waals surface area (Å²) in [6, 6.07) is 15.9. The summed E-state index contributed by atoms with van der Waals surface area (Å²) in [5, 5.41) is 0. The highest BCUT2D eigenvalue weighted by Crippen LogP contribution is 2.18. The lowest BCUT2D eigenvalue weighted by atomic mass is 10.3. The number of aromatic nitrogens is 2. The van der Waals surface area contributed by atoms with E-state index < -0.39 is 16.3 Å². The Morgan fingerprint density at radius 2 is 1.86 bits per heavy atom. The maximum Gasteiger partial charge on any atom is 0.240 e. The summed E-state index contributed by atoms with van der Waals surface area (Å²) < 4.78 is 40.1. The number of nitrogens with zero attached hydrogens (tertiary/aromatic N) is 2. The normalized spacial score (nSPS) is 12.6. The largest absolute Gasteiger partial charge is 0.465 e. The Labute approximate surface area is 165 Å². The van der Waals surface area contributed by atoms with E-state index in [9.17, 15) is 8.42 Å². The van der Waals surface area contributed by atoms with Crippen molar-refractivity contribution in [1.82, 2.24) is 14.3 Å². The van der Waals surface area contributed by atoms with Crippen LogP contribution in [0.4, 0.5) is 0 Å². The molecule has 148 valence electrons. The average molecular weight is 401 g/mol. The van der Waals surface area contributed by atoms with Crippen LogP contribution in [0.3, 0.4) is 0 Å². The summed E-state index contributed by atoms with van der Waals surface area (Å²) in [5.41, 5.74) is 0.981. The molecule has 3 rings (SSSR count). The van der Waals surface area contributed by atoms with Gasteiger partial charge in [-0.15, -0.1) is 0 Å². The van der Waals surface area contributed by atoms with Crippen LogP contribution >= 0.6 is 0 Å². The quantitative estimate of drug-likeness (QED) is 0.417. The third-order valence-electron chi connectivity index (χ3n) is 4.13. The number of methoxy groups -OCH3 is 1. The third kappa shape index (κ3) is 5.41. The predicted molar refractivity (Wildman–Crippen MR) is 106 cm³/mol. The second kappa shape index (κ2) is 9.50. The molecular weight excluding hydrogens is 378 g/mol. The third-order valence-corrected chi connectivity index (χ3v) is 5.61. The van der Waals surface area contributed by atoms with E-state index in [4.69, 9.17) is 9.47 Å². The number of ether oxygens (including phenoxy) is 2. The van der Waals surface area contributed by atoms with Gasteiger partial charge in [0.15, 0.2) is 6.29 Å². The molecule has 0 spiro atoms. The first-order valence-corrected chi connectivity index (χ1v) is 10.4. The van der Waals surface area contributed by atoms with Gasteiger partial charge < -0.3 is 14.0 Å². The highest BCUT2D eigenvalue weighted by atomic mass is 32.2. The van der Waals surface area contributed by atoms with Crippen molar-refractivity contribution in [2.45, 2.75) is 24.0 Å². The zero-order valence-corrected chi connectivity index (χ0v) is 16.4. The molecule has 0 fully saturated rings. The molecule has 0 aliphatic carbocycles. The van der Waals surface area contributed by atoms with Crippen LogP contribution in [0.5, 0.6) is 5.75 Å². The van der Waals surface area contributed by atoms with Gasteiger partial charge in [-0.1, -0.05) is 18.2 Å². The molecule has 0 amide bonds. The van der Waals surface area contributed by atoms with E-state index in [1.165, 1.54) is 0 Å². The average Bonchev–Trinajstić information content (AvgIpc) is 3.26. The van der Waals surface area contributed by atoms with Crippen LogP contribution in [0, 0.1) is 0 Å². The molecule has 1 N–H and O–H groups in total. The molecule has 28 heavy (non-hydrogen) atoms. The Bertz CT molecular complexity index is 943. The van der Waals surface area contributed by atoms with Gasteiger partial charge in [0.25, 0.3) is 0 Å². The van der Waals surface area contributed by atoms with Crippen molar-refractivity contribution in [2.75, 3.05) is 13.7 Å². The molecule has 0 aliphatic heterocycles. The number of imidazole rings is 1. The molecule has 1 atom stereocenters. The summed E-state index contributed by atoms with van der Waals surface area (Å²) >= 11 is 0. The van der Waals surface area contributed by atoms with Crippen molar-refractivity contribution in [2.24, 2.45) is 0 Å². The number of hydrogen-bond acceptors (Lipinski definition) is 5. The number of sulfonamides is 1. The fourth-order valence-electron chi connectivity index (χ4n) is 2.64. The second-order valence-corrected chi connectivity index (χ2v) is 7.87. The van der Waals surface area contributed by atoms with Crippen LogP contribution in [0.25, 0.3) is 5.69 Å². The van der Waals surface area contributed by atoms with Crippen molar-refractivity contribution in [3.8, 4) is 11.4 Å². The summed E-state index contributed by atoms with van der Waals surface area (Å²) in [5.74, 6) is 0.681. The molecule has 7 nitrogen and oxygen atoms in total. The standard InChI is InChI=1S/C20H23N3O4S/c1-26-20(8-5-13-22-28(24,25)19-6-3-2-4-7-19)27-18-11-9-17(10-12-18)23-15-14-21-16-23/h2-4,6-7,9-12,14-16,20,22H,5,8,13H2,1H3. The maximum absolute atomic E-state index is 12.2. The molecule has 1 unspecified atom stereocenters. The van der Waals surface area contributed by atoms with Gasteiger partial charge in [0.1, 0.15) is 5.75 Å². The summed E-state index contributed by atoms with van der Waals surface area (Å²) in [4.78, 5) is 4.28. The fourth-order valence-corrected chi connectivity index (χ4v) is 3.74. The molecule has 0 saturated heterocycles. The smallest absolute Gasteiger partial charge is 0.240 e. The summed E-state index contributed by atoms with van der Waals surface area (Å²) in [6.07, 6.45) is 5.99. The second-order valence-electron chi connectivity index (χ2n) is 6.10. The van der Waals surface area contributed by atoms with Gasteiger partial charge in [-0.3, -0.25) is 0 Å². The van der Waals surface area contributed by atoms with E-state index in [2.05, 4.69) is 9.71 Å². The maximum atomic E-state index is 12.2. The molecule has 0 aliphatic rings. The minimum Gasteiger partial charge on any atom is -0.465 e. The SMILES string of the molecule is COC(CCCNS(=O)(=O)c1ccccc1)Oc1ccc(-n2ccnc2)cc1. The van der Waals surface area contributed by atoms with Gasteiger partial charge in [-0.25, -0.2) is 18.1 Å². The zero-order chi connectivity index (χ0) is 19.8. The van der Waals surface area contributed by atoms with Crippen LogP contribution in [-0.4, -0.2) is 37.9 Å². The van der Waals surface area contributed by atoms with Crippen molar-refractivity contribution < 1.29 is 17.9 Å². The minimum atomic E-state index is -3.49. The van der Waals surface area contributed by atoms with Crippen molar-refractivity contribution in [1.29, 1.82) is 0 Å². The molecule has 0 radical (unpaired) electrons. The fraction of sp³-hybridized carbons (Fsp3) is 0.250. The number of nitrogens with one attached hydrogen (secondary N) is 1. The lowest BCUT2D eigenvalue weighted by Crippen LogP contribution is -2.27. The Morgan fingerprint density at radius 1 is 1.11 bits per heavy atom. The number of hydrogen-bond donors (Lipinski definition) is 1. The Morgan fingerprint density at radius 3 is 2.50 bits per heavy atom. The highest BCUT2D eigenvalue weighted by Gasteiger charge is 2.14. The molecule has 1 aromatic heterocycles. The predicted octanol–water partition coefficient (Wildman–Crippen LogP) is 2.98. The highest BCUT2D eigenvalue weighted by molar-refractivity contribution is 7.89. The Balaban J connectivity index is 1.47. The molecule has 0 saturated carbocycles. The first-order valence-electron chi connectivity index (χ1n) is 8.91. The summed E-state index contributed by atoms with van der Waals surface area (Å²) in [7, 11) is -1.92.